The minimum atomic E-state index is 0. The average molecular weight is 504 g/mol. The fourth-order valence-corrected chi connectivity index (χ4v) is 3.36. The molecule has 1 aliphatic rings. The summed E-state index contributed by atoms with van der Waals surface area (Å²) in [6, 6.07) is 4.51. The van der Waals surface area contributed by atoms with Gasteiger partial charge < -0.3 is 20.3 Å². The van der Waals surface area contributed by atoms with Gasteiger partial charge in [0.2, 0.25) is 0 Å². The number of ether oxygens (including phenoxy) is 1. The molecule has 2 N–H and O–H groups in total. The molecule has 2 rings (SSSR count). The summed E-state index contributed by atoms with van der Waals surface area (Å²) in [5, 5.41) is 6.90. The Kier molecular flexibility index (Phi) is 11.7. The Hall–Kier alpha value is -1.13. The van der Waals surface area contributed by atoms with E-state index in [-0.39, 0.29) is 24.0 Å². The predicted octanol–water partition coefficient (Wildman–Crippen LogP) is 2.18. The van der Waals surface area contributed by atoms with Gasteiger partial charge in [-0.3, -0.25) is 4.90 Å². The Balaban J connectivity index is 0.00000392. The van der Waals surface area contributed by atoms with Crippen molar-refractivity contribution in [2.45, 2.75) is 33.4 Å². The topological polar surface area (TPSA) is 65.0 Å². The highest BCUT2D eigenvalue weighted by Gasteiger charge is 2.23. The third-order valence-corrected chi connectivity index (χ3v) is 4.81. The first-order valence-corrected chi connectivity index (χ1v) is 9.98. The van der Waals surface area contributed by atoms with E-state index in [2.05, 4.69) is 47.4 Å². The highest BCUT2D eigenvalue weighted by Crippen LogP contribution is 2.15. The smallest absolute Gasteiger partial charge is 0.191 e. The highest BCUT2D eigenvalue weighted by molar-refractivity contribution is 14.0. The lowest BCUT2D eigenvalue weighted by atomic mass is 10.0. The zero-order valence-corrected chi connectivity index (χ0v) is 20.3. The van der Waals surface area contributed by atoms with Crippen molar-refractivity contribution < 1.29 is 4.74 Å². The Morgan fingerprint density at radius 3 is 2.61 bits per heavy atom. The van der Waals surface area contributed by atoms with Crippen molar-refractivity contribution in [1.82, 2.24) is 20.5 Å². The van der Waals surface area contributed by atoms with E-state index in [0.717, 1.165) is 56.7 Å². The van der Waals surface area contributed by atoms with Crippen molar-refractivity contribution in [1.29, 1.82) is 0 Å². The summed E-state index contributed by atoms with van der Waals surface area (Å²) < 4.78 is 5.50. The molecule has 0 radical (unpaired) electrons. The minimum Gasteiger partial charge on any atom is -0.379 e. The van der Waals surface area contributed by atoms with E-state index in [1.807, 2.05) is 31.3 Å². The molecule has 1 aromatic rings. The normalized spacial score (nSPS) is 16.4. The lowest BCUT2D eigenvalue weighted by Gasteiger charge is -2.37. The Labute approximate surface area is 187 Å². The van der Waals surface area contributed by atoms with Crippen LogP contribution in [0.4, 0.5) is 5.82 Å². The maximum absolute atomic E-state index is 5.50. The van der Waals surface area contributed by atoms with Gasteiger partial charge in [0.05, 0.1) is 19.8 Å². The van der Waals surface area contributed by atoms with Crippen LogP contribution in [0.25, 0.3) is 0 Å². The number of pyridine rings is 1. The molecule has 0 spiro atoms. The molecule has 1 unspecified atom stereocenters. The highest BCUT2D eigenvalue weighted by atomic mass is 127. The number of aromatic nitrogens is 1. The number of hydrogen-bond acceptors (Lipinski definition) is 5. The van der Waals surface area contributed by atoms with Crippen LogP contribution in [-0.2, 0) is 11.3 Å². The van der Waals surface area contributed by atoms with Crippen LogP contribution >= 0.6 is 24.0 Å². The van der Waals surface area contributed by atoms with E-state index in [9.17, 15) is 0 Å². The lowest BCUT2D eigenvalue weighted by Crippen LogP contribution is -2.52. The molecule has 8 heteroatoms. The van der Waals surface area contributed by atoms with Crippen LogP contribution in [0.2, 0.25) is 0 Å². The quantitative estimate of drug-likeness (QED) is 0.322. The monoisotopic (exact) mass is 504 g/mol. The van der Waals surface area contributed by atoms with Crippen LogP contribution < -0.4 is 15.5 Å². The number of guanidine groups is 1. The van der Waals surface area contributed by atoms with Gasteiger partial charge in [-0.25, -0.2) is 9.98 Å². The molecule has 0 aromatic carbocycles. The van der Waals surface area contributed by atoms with Crippen LogP contribution in [0.3, 0.4) is 0 Å². The van der Waals surface area contributed by atoms with Crippen LogP contribution in [0.15, 0.2) is 23.3 Å². The number of nitrogens with zero attached hydrogens (tertiary/aromatic N) is 4. The van der Waals surface area contributed by atoms with Crippen molar-refractivity contribution in [3.63, 3.8) is 0 Å². The molecule has 1 saturated heterocycles. The molecular weight excluding hydrogens is 467 g/mol. The second kappa shape index (κ2) is 13.2. The van der Waals surface area contributed by atoms with Gasteiger partial charge in [0, 0.05) is 58.1 Å². The summed E-state index contributed by atoms with van der Waals surface area (Å²) in [6.07, 6.45) is 1.82. The summed E-state index contributed by atoms with van der Waals surface area (Å²) >= 11 is 0. The maximum Gasteiger partial charge on any atom is 0.191 e. The summed E-state index contributed by atoms with van der Waals surface area (Å²) in [5.74, 6) is 2.38. The van der Waals surface area contributed by atoms with Crippen LogP contribution in [-0.4, -0.2) is 75.4 Å². The van der Waals surface area contributed by atoms with Gasteiger partial charge in [-0.2, -0.15) is 0 Å². The maximum atomic E-state index is 5.50. The number of hydrogen-bond donors (Lipinski definition) is 2. The molecular formula is C20H37IN6O. The zero-order valence-electron chi connectivity index (χ0n) is 17.9. The van der Waals surface area contributed by atoms with E-state index in [4.69, 9.17) is 9.73 Å². The largest absolute Gasteiger partial charge is 0.379 e. The standard InChI is InChI=1S/C20H36N6O.HI/c1-6-21-20(23-14-17-8-7-9-22-19(17)25(4)5)24-15-18(16(2)3)26-10-12-27-13-11-26;/h7-9,16,18H,6,10-15H2,1-5H3,(H2,21,23,24);1H. The zero-order chi connectivity index (χ0) is 19.6. The number of aliphatic imine (C=N–C) groups is 1. The Morgan fingerprint density at radius 1 is 1.29 bits per heavy atom. The second-order valence-electron chi connectivity index (χ2n) is 7.42. The van der Waals surface area contributed by atoms with E-state index in [1.54, 1.807) is 0 Å². The Bertz CT molecular complexity index is 590. The van der Waals surface area contributed by atoms with Crippen LogP contribution in [0.1, 0.15) is 26.3 Å². The third kappa shape index (κ3) is 7.71. The van der Waals surface area contributed by atoms with Crippen LogP contribution in [0, 0.1) is 5.92 Å². The molecule has 28 heavy (non-hydrogen) atoms. The third-order valence-electron chi connectivity index (χ3n) is 4.81. The molecule has 1 atom stereocenters. The number of rotatable bonds is 8. The summed E-state index contributed by atoms with van der Waals surface area (Å²) in [6.45, 7) is 12.6. The number of nitrogens with one attached hydrogen (secondary N) is 2. The van der Waals surface area contributed by atoms with Crippen molar-refractivity contribution in [2.24, 2.45) is 10.9 Å². The van der Waals surface area contributed by atoms with Crippen molar-refractivity contribution in [2.75, 3.05) is 58.4 Å². The Morgan fingerprint density at radius 2 is 2.00 bits per heavy atom. The van der Waals surface area contributed by atoms with E-state index in [1.165, 1.54) is 0 Å². The predicted molar refractivity (Wildman–Crippen MR) is 128 cm³/mol. The molecule has 0 aliphatic carbocycles. The van der Waals surface area contributed by atoms with Gasteiger partial charge in [-0.05, 0) is 18.9 Å². The summed E-state index contributed by atoms with van der Waals surface area (Å²) in [4.78, 5) is 13.8. The van der Waals surface area contributed by atoms with Gasteiger partial charge in [-0.15, -0.1) is 24.0 Å². The first kappa shape index (κ1) is 24.9. The van der Waals surface area contributed by atoms with E-state index < -0.39 is 0 Å². The molecule has 1 aliphatic heterocycles. The van der Waals surface area contributed by atoms with Crippen molar-refractivity contribution in [3.8, 4) is 0 Å². The van der Waals surface area contributed by atoms with Gasteiger partial charge >= 0.3 is 0 Å². The van der Waals surface area contributed by atoms with Crippen molar-refractivity contribution in [3.05, 3.63) is 23.9 Å². The first-order chi connectivity index (χ1) is 13.0. The molecule has 1 aromatic heterocycles. The van der Waals surface area contributed by atoms with Gasteiger partial charge in [0.15, 0.2) is 5.96 Å². The number of anilines is 1. The fourth-order valence-electron chi connectivity index (χ4n) is 3.36. The lowest BCUT2D eigenvalue weighted by molar-refractivity contribution is 0.00752. The molecule has 7 nitrogen and oxygen atoms in total. The molecule has 2 heterocycles. The molecule has 160 valence electrons. The van der Waals surface area contributed by atoms with E-state index >= 15 is 0 Å². The first-order valence-electron chi connectivity index (χ1n) is 9.98. The molecule has 0 bridgehead atoms. The van der Waals surface area contributed by atoms with Crippen molar-refractivity contribution >= 4 is 35.8 Å². The SMILES string of the molecule is CCNC(=NCc1cccnc1N(C)C)NCC(C(C)C)N1CCOCC1.I. The number of morpholine rings is 1. The van der Waals surface area contributed by atoms with Gasteiger partial charge in [0.25, 0.3) is 0 Å². The van der Waals surface area contributed by atoms with E-state index in [0.29, 0.717) is 18.5 Å². The molecule has 0 amide bonds. The second-order valence-corrected chi connectivity index (χ2v) is 7.42. The minimum absolute atomic E-state index is 0. The van der Waals surface area contributed by atoms with Crippen LogP contribution in [0.5, 0.6) is 0 Å². The summed E-state index contributed by atoms with van der Waals surface area (Å²) in [5.41, 5.74) is 1.12. The number of halogens is 1. The average Bonchev–Trinajstić information content (AvgIpc) is 2.67. The molecule has 1 fully saturated rings. The fraction of sp³-hybridized carbons (Fsp3) is 0.700. The van der Waals surface area contributed by atoms with Gasteiger partial charge in [-0.1, -0.05) is 19.9 Å². The molecule has 0 saturated carbocycles. The summed E-state index contributed by atoms with van der Waals surface area (Å²) in [7, 11) is 4.02. The van der Waals surface area contributed by atoms with Gasteiger partial charge in [0.1, 0.15) is 5.82 Å².